The lowest BCUT2D eigenvalue weighted by atomic mass is 9.78. The molecule has 0 aliphatic heterocycles. The Morgan fingerprint density at radius 1 is 1.06 bits per heavy atom. The summed E-state index contributed by atoms with van der Waals surface area (Å²) in [5.74, 6) is 0.743. The number of rotatable bonds is 3. The predicted molar refractivity (Wildman–Crippen MR) is 132 cm³/mol. The number of nitrogens with one attached hydrogen (secondary N) is 1. The zero-order valence-corrected chi connectivity index (χ0v) is 19.6. The van der Waals surface area contributed by atoms with Crippen LogP contribution in [0.3, 0.4) is 0 Å². The van der Waals surface area contributed by atoms with Crippen molar-refractivity contribution in [1.29, 1.82) is 0 Å². The molecule has 5 rings (SSSR count). The fourth-order valence-corrected chi connectivity index (χ4v) is 5.22. The van der Waals surface area contributed by atoms with Gasteiger partial charge in [0.25, 0.3) is 11.5 Å². The third-order valence-electron chi connectivity index (χ3n) is 7.46. The molecule has 0 radical (unpaired) electrons. The summed E-state index contributed by atoms with van der Waals surface area (Å²) in [4.78, 5) is 27.3. The normalized spacial score (nSPS) is 20.9. The van der Waals surface area contributed by atoms with Crippen LogP contribution in [0, 0.1) is 18.8 Å². The Hall–Kier alpha value is -3.41. The minimum absolute atomic E-state index is 0.104. The monoisotopic (exact) mass is 442 g/mol. The molecular formula is C27H30N4O2. The highest BCUT2D eigenvalue weighted by Gasteiger charge is 2.30. The second-order valence-electron chi connectivity index (χ2n) is 9.55. The summed E-state index contributed by atoms with van der Waals surface area (Å²) in [5.41, 5.74) is 3.20. The number of nitrogens with zero attached hydrogens (tertiary/aromatic N) is 3. The van der Waals surface area contributed by atoms with Gasteiger partial charge < -0.3 is 9.88 Å². The first-order valence-corrected chi connectivity index (χ1v) is 11.7. The molecular weight excluding hydrogens is 412 g/mol. The van der Waals surface area contributed by atoms with Crippen molar-refractivity contribution in [1.82, 2.24) is 19.7 Å². The summed E-state index contributed by atoms with van der Waals surface area (Å²) >= 11 is 0. The van der Waals surface area contributed by atoms with Gasteiger partial charge in [-0.1, -0.05) is 62.6 Å². The van der Waals surface area contributed by atoms with Crippen molar-refractivity contribution in [2.75, 3.05) is 0 Å². The highest BCUT2D eigenvalue weighted by atomic mass is 16.2. The van der Waals surface area contributed by atoms with E-state index in [1.165, 1.54) is 11.1 Å². The van der Waals surface area contributed by atoms with Gasteiger partial charge in [0.2, 0.25) is 0 Å². The number of carbonyl (C=O) groups excluding carboxylic acids is 1. The summed E-state index contributed by atoms with van der Waals surface area (Å²) < 4.78 is 3.24. The third-order valence-corrected chi connectivity index (χ3v) is 7.46. The quantitative estimate of drug-likeness (QED) is 0.498. The Morgan fingerprint density at radius 2 is 1.79 bits per heavy atom. The van der Waals surface area contributed by atoms with Crippen molar-refractivity contribution in [2.24, 2.45) is 18.9 Å². The minimum atomic E-state index is -0.233. The van der Waals surface area contributed by atoms with E-state index in [9.17, 15) is 9.59 Å². The fraction of sp³-hybridized carbons (Fsp3) is 0.370. The zero-order valence-electron chi connectivity index (χ0n) is 19.6. The van der Waals surface area contributed by atoms with E-state index in [0.717, 1.165) is 29.3 Å². The van der Waals surface area contributed by atoms with Gasteiger partial charge in [0.15, 0.2) is 5.69 Å². The molecule has 1 fully saturated rings. The molecule has 0 spiro atoms. The number of benzene rings is 2. The molecule has 1 aliphatic carbocycles. The van der Waals surface area contributed by atoms with E-state index in [1.807, 2.05) is 67.1 Å². The number of fused-ring (bicyclic) bond motifs is 3. The number of hydrogen-bond donors (Lipinski definition) is 1. The second kappa shape index (κ2) is 8.18. The molecule has 1 saturated carbocycles. The molecule has 6 nitrogen and oxygen atoms in total. The summed E-state index contributed by atoms with van der Waals surface area (Å²) in [6.07, 6.45) is 3.27. The minimum Gasteiger partial charge on any atom is -0.348 e. The van der Waals surface area contributed by atoms with Crippen molar-refractivity contribution < 1.29 is 4.79 Å². The van der Waals surface area contributed by atoms with Crippen LogP contribution in [-0.2, 0) is 7.05 Å². The highest BCUT2D eigenvalue weighted by molar-refractivity contribution is 6.16. The Balaban J connectivity index is 1.73. The first-order chi connectivity index (χ1) is 15.9. The van der Waals surface area contributed by atoms with Crippen molar-refractivity contribution in [3.05, 3.63) is 70.1 Å². The number of carbonyl (C=O) groups is 1. The van der Waals surface area contributed by atoms with E-state index in [4.69, 9.17) is 0 Å². The maximum atomic E-state index is 13.7. The number of aryl methyl sites for hydroxylation is 2. The smallest absolute Gasteiger partial charge is 0.296 e. The van der Waals surface area contributed by atoms with Crippen LogP contribution in [0.15, 0.2) is 53.3 Å². The Morgan fingerprint density at radius 3 is 2.55 bits per heavy atom. The molecule has 0 unspecified atom stereocenters. The lowest BCUT2D eigenvalue weighted by Gasteiger charge is -2.34. The molecule has 170 valence electrons. The first kappa shape index (κ1) is 21.4. The van der Waals surface area contributed by atoms with Crippen molar-refractivity contribution in [3.63, 3.8) is 0 Å². The Kier molecular flexibility index (Phi) is 5.31. The number of amides is 1. The maximum absolute atomic E-state index is 13.7. The average molecular weight is 443 g/mol. The van der Waals surface area contributed by atoms with Crippen LogP contribution in [0.5, 0.6) is 0 Å². The van der Waals surface area contributed by atoms with E-state index in [1.54, 1.807) is 0 Å². The van der Waals surface area contributed by atoms with E-state index >= 15 is 0 Å². The van der Waals surface area contributed by atoms with E-state index in [0.29, 0.717) is 34.1 Å². The van der Waals surface area contributed by atoms with Gasteiger partial charge in [0.05, 0.1) is 5.69 Å². The topological polar surface area (TPSA) is 68.9 Å². The molecule has 1 N–H and O–H groups in total. The van der Waals surface area contributed by atoms with Crippen LogP contribution >= 0.6 is 0 Å². The van der Waals surface area contributed by atoms with E-state index in [-0.39, 0.29) is 17.5 Å². The summed E-state index contributed by atoms with van der Waals surface area (Å²) in [5, 5.41) is 9.40. The third kappa shape index (κ3) is 3.54. The van der Waals surface area contributed by atoms with Crippen molar-refractivity contribution in [3.8, 4) is 5.69 Å². The fourth-order valence-electron chi connectivity index (χ4n) is 5.22. The molecule has 33 heavy (non-hydrogen) atoms. The van der Waals surface area contributed by atoms with Gasteiger partial charge in [-0.2, -0.15) is 9.78 Å². The molecule has 0 saturated heterocycles. The SMILES string of the molecule is Cc1ccc(-n2nc(C(=O)N[C@@H]3CCC[C@H](C)[C@H]3C)c3c4ccccc4n(C)c3c2=O)cc1. The summed E-state index contributed by atoms with van der Waals surface area (Å²) in [6.45, 7) is 6.46. The molecule has 1 aliphatic rings. The average Bonchev–Trinajstić information content (AvgIpc) is 3.11. The van der Waals surface area contributed by atoms with Crippen LogP contribution < -0.4 is 10.9 Å². The zero-order chi connectivity index (χ0) is 23.3. The molecule has 2 heterocycles. The molecule has 4 aromatic rings. The van der Waals surface area contributed by atoms with E-state index < -0.39 is 0 Å². The first-order valence-electron chi connectivity index (χ1n) is 11.7. The van der Waals surface area contributed by atoms with Gasteiger partial charge in [-0.15, -0.1) is 0 Å². The number of aromatic nitrogens is 3. The molecule has 2 aromatic heterocycles. The molecule has 1 amide bonds. The standard InChI is InChI=1S/C27H30N4O2/c1-16-12-14-19(15-13-16)31-27(33)25-23(20-9-5-6-11-22(20)30(25)4)24(29-31)26(32)28-21-10-7-8-17(2)18(21)3/h5-6,9,11-15,17-18,21H,7-8,10H2,1-4H3,(H,28,32)/t17-,18+,21+/m0/s1. The lowest BCUT2D eigenvalue weighted by Crippen LogP contribution is -2.44. The number of hydrogen-bond acceptors (Lipinski definition) is 3. The van der Waals surface area contributed by atoms with Gasteiger partial charge in [0, 0.05) is 29.4 Å². The van der Waals surface area contributed by atoms with Gasteiger partial charge >= 0.3 is 0 Å². The van der Waals surface area contributed by atoms with Crippen molar-refractivity contribution in [2.45, 2.75) is 46.1 Å². The van der Waals surface area contributed by atoms with Crippen LogP contribution in [0.1, 0.15) is 49.2 Å². The molecule has 3 atom stereocenters. The van der Waals surface area contributed by atoms with E-state index in [2.05, 4.69) is 24.3 Å². The number of para-hydroxylation sites is 1. The second-order valence-corrected chi connectivity index (χ2v) is 9.55. The van der Waals surface area contributed by atoms with Crippen molar-refractivity contribution >= 4 is 27.7 Å². The predicted octanol–water partition coefficient (Wildman–Crippen LogP) is 4.74. The molecule has 6 heteroatoms. The van der Waals surface area contributed by atoms with Gasteiger partial charge in [-0.25, -0.2) is 0 Å². The Bertz CT molecular complexity index is 1410. The molecule has 2 aromatic carbocycles. The van der Waals surface area contributed by atoms with Gasteiger partial charge in [0.1, 0.15) is 5.52 Å². The summed E-state index contributed by atoms with van der Waals surface area (Å²) in [6, 6.07) is 15.5. The largest absolute Gasteiger partial charge is 0.348 e. The lowest BCUT2D eigenvalue weighted by molar-refractivity contribution is 0.0886. The Labute approximate surface area is 193 Å². The van der Waals surface area contributed by atoms with Crippen LogP contribution in [0.25, 0.3) is 27.5 Å². The van der Waals surface area contributed by atoms with Gasteiger partial charge in [-0.3, -0.25) is 9.59 Å². The highest BCUT2D eigenvalue weighted by Crippen LogP contribution is 2.31. The van der Waals surface area contributed by atoms with Crippen LogP contribution in [-0.4, -0.2) is 26.3 Å². The molecule has 0 bridgehead atoms. The van der Waals surface area contributed by atoms with Crippen LogP contribution in [0.2, 0.25) is 0 Å². The van der Waals surface area contributed by atoms with Crippen LogP contribution in [0.4, 0.5) is 0 Å². The summed E-state index contributed by atoms with van der Waals surface area (Å²) in [7, 11) is 1.87. The van der Waals surface area contributed by atoms with Gasteiger partial charge in [-0.05, 0) is 43.4 Å². The maximum Gasteiger partial charge on any atom is 0.296 e.